The molecule has 1 saturated heterocycles. The van der Waals surface area contributed by atoms with Gasteiger partial charge in [0, 0.05) is 10.2 Å². The Hall–Kier alpha value is -0.580. The number of rotatable bonds is 3. The van der Waals surface area contributed by atoms with Crippen LogP contribution < -0.4 is 5.73 Å². The summed E-state index contributed by atoms with van der Waals surface area (Å²) in [5.74, 6) is 0. The first-order chi connectivity index (χ1) is 8.52. The Balaban J connectivity index is 1.90. The third kappa shape index (κ3) is 3.97. The molecule has 0 radical (unpaired) electrons. The summed E-state index contributed by atoms with van der Waals surface area (Å²) >= 11 is 3.44. The maximum Gasteiger partial charge on any atom is 0.0721 e. The summed E-state index contributed by atoms with van der Waals surface area (Å²) in [6.45, 7) is 4.81. The van der Waals surface area contributed by atoms with Crippen molar-refractivity contribution in [2.45, 2.75) is 51.6 Å². The van der Waals surface area contributed by atoms with Gasteiger partial charge in [0.1, 0.15) is 0 Å². The molecular formula is C14H20BrNO2. The molecule has 3 nitrogen and oxygen atoms in total. The molecule has 1 aromatic rings. The van der Waals surface area contributed by atoms with Crippen LogP contribution in [0.15, 0.2) is 22.7 Å². The molecule has 100 valence electrons. The monoisotopic (exact) mass is 313 g/mol. The Morgan fingerprint density at radius 1 is 1.28 bits per heavy atom. The second kappa shape index (κ2) is 6.04. The van der Waals surface area contributed by atoms with Gasteiger partial charge in [-0.2, -0.15) is 0 Å². The summed E-state index contributed by atoms with van der Waals surface area (Å²) in [5, 5.41) is 0. The minimum Gasteiger partial charge on any atom is -0.399 e. The molecule has 2 N–H and O–H groups in total. The lowest BCUT2D eigenvalue weighted by atomic mass is 10.0. The molecule has 18 heavy (non-hydrogen) atoms. The zero-order valence-electron chi connectivity index (χ0n) is 10.9. The van der Waals surface area contributed by atoms with Gasteiger partial charge in [0.2, 0.25) is 0 Å². The standard InChI is InChI=1S/C14H20BrNO2/c1-9-3-14(4-10(2)18-9)17-8-11-5-12(15)7-13(16)6-11/h5-7,9-10,14H,3-4,8,16H2,1-2H3. The molecular weight excluding hydrogens is 294 g/mol. The Bertz CT molecular complexity index is 381. The molecule has 0 bridgehead atoms. The van der Waals surface area contributed by atoms with Crippen molar-refractivity contribution < 1.29 is 9.47 Å². The van der Waals surface area contributed by atoms with Crippen molar-refractivity contribution >= 4 is 21.6 Å². The highest BCUT2D eigenvalue weighted by molar-refractivity contribution is 9.10. The lowest BCUT2D eigenvalue weighted by Gasteiger charge is -2.32. The zero-order chi connectivity index (χ0) is 13.1. The van der Waals surface area contributed by atoms with Gasteiger partial charge in [0.15, 0.2) is 0 Å². The van der Waals surface area contributed by atoms with Crippen LogP contribution in [0.25, 0.3) is 0 Å². The Kier molecular flexibility index (Phi) is 4.65. The average Bonchev–Trinajstić information content (AvgIpc) is 2.23. The van der Waals surface area contributed by atoms with E-state index in [1.165, 1.54) is 0 Å². The molecule has 0 aromatic heterocycles. The molecule has 2 rings (SSSR count). The number of hydrogen-bond donors (Lipinski definition) is 1. The van der Waals surface area contributed by atoms with Crippen LogP contribution in [0.3, 0.4) is 0 Å². The number of ether oxygens (including phenoxy) is 2. The second-order valence-electron chi connectivity index (χ2n) is 5.05. The normalized spacial score (nSPS) is 28.3. The third-order valence-electron chi connectivity index (χ3n) is 3.12. The first kappa shape index (κ1) is 13.8. The van der Waals surface area contributed by atoms with E-state index in [-0.39, 0.29) is 18.3 Å². The van der Waals surface area contributed by atoms with Crippen LogP contribution in [-0.4, -0.2) is 18.3 Å². The Morgan fingerprint density at radius 3 is 2.56 bits per heavy atom. The van der Waals surface area contributed by atoms with Crippen molar-refractivity contribution in [3.8, 4) is 0 Å². The van der Waals surface area contributed by atoms with E-state index >= 15 is 0 Å². The van der Waals surface area contributed by atoms with Crippen molar-refractivity contribution in [3.05, 3.63) is 28.2 Å². The topological polar surface area (TPSA) is 44.5 Å². The third-order valence-corrected chi connectivity index (χ3v) is 3.58. The van der Waals surface area contributed by atoms with Gasteiger partial charge in [-0.15, -0.1) is 0 Å². The fourth-order valence-corrected chi connectivity index (χ4v) is 3.01. The zero-order valence-corrected chi connectivity index (χ0v) is 12.4. The van der Waals surface area contributed by atoms with Gasteiger partial charge >= 0.3 is 0 Å². The van der Waals surface area contributed by atoms with Gasteiger partial charge in [0.05, 0.1) is 24.9 Å². The first-order valence-electron chi connectivity index (χ1n) is 6.35. The largest absolute Gasteiger partial charge is 0.399 e. The molecule has 2 atom stereocenters. The van der Waals surface area contributed by atoms with Crippen LogP contribution in [0.1, 0.15) is 32.3 Å². The molecule has 1 aliphatic heterocycles. The maximum atomic E-state index is 5.96. The number of halogens is 1. The van der Waals surface area contributed by atoms with Gasteiger partial charge in [-0.05, 0) is 50.5 Å². The van der Waals surface area contributed by atoms with Crippen molar-refractivity contribution in [1.29, 1.82) is 0 Å². The summed E-state index contributed by atoms with van der Waals surface area (Å²) in [7, 11) is 0. The van der Waals surface area contributed by atoms with Gasteiger partial charge < -0.3 is 15.2 Å². The molecule has 1 aliphatic rings. The number of anilines is 1. The molecule has 0 aliphatic carbocycles. The maximum absolute atomic E-state index is 5.96. The lowest BCUT2D eigenvalue weighted by molar-refractivity contribution is -0.106. The summed E-state index contributed by atoms with van der Waals surface area (Å²) in [6.07, 6.45) is 2.78. The molecule has 0 saturated carbocycles. The van der Waals surface area contributed by atoms with Crippen LogP contribution in [0, 0.1) is 0 Å². The smallest absolute Gasteiger partial charge is 0.0721 e. The van der Waals surface area contributed by atoms with E-state index < -0.39 is 0 Å². The van der Waals surface area contributed by atoms with Gasteiger partial charge in [-0.25, -0.2) is 0 Å². The molecule has 1 aromatic carbocycles. The Labute approximate surface area is 117 Å². The number of nitrogen functional groups attached to an aromatic ring is 1. The highest BCUT2D eigenvalue weighted by atomic mass is 79.9. The van der Waals surface area contributed by atoms with Crippen LogP contribution in [0.4, 0.5) is 5.69 Å². The predicted molar refractivity (Wildman–Crippen MR) is 76.4 cm³/mol. The van der Waals surface area contributed by atoms with E-state index in [4.69, 9.17) is 15.2 Å². The van der Waals surface area contributed by atoms with Crippen LogP contribution in [0.2, 0.25) is 0 Å². The fourth-order valence-electron chi connectivity index (χ4n) is 2.45. The highest BCUT2D eigenvalue weighted by Crippen LogP contribution is 2.24. The second-order valence-corrected chi connectivity index (χ2v) is 5.97. The summed E-state index contributed by atoms with van der Waals surface area (Å²) in [4.78, 5) is 0. The van der Waals surface area contributed by atoms with E-state index in [9.17, 15) is 0 Å². The minimum atomic E-state index is 0.281. The summed E-state index contributed by atoms with van der Waals surface area (Å²) in [5.41, 5.74) is 7.67. The van der Waals surface area contributed by atoms with Crippen molar-refractivity contribution in [2.24, 2.45) is 0 Å². The summed E-state index contributed by atoms with van der Waals surface area (Å²) in [6, 6.07) is 5.89. The average molecular weight is 314 g/mol. The first-order valence-corrected chi connectivity index (χ1v) is 7.14. The van der Waals surface area contributed by atoms with Crippen LogP contribution in [0.5, 0.6) is 0 Å². The minimum absolute atomic E-state index is 0.281. The predicted octanol–water partition coefficient (Wildman–Crippen LogP) is 3.50. The van der Waals surface area contributed by atoms with Crippen molar-refractivity contribution in [3.63, 3.8) is 0 Å². The van der Waals surface area contributed by atoms with Gasteiger partial charge in [0.25, 0.3) is 0 Å². The van der Waals surface area contributed by atoms with Crippen molar-refractivity contribution in [1.82, 2.24) is 0 Å². The van der Waals surface area contributed by atoms with Crippen LogP contribution >= 0.6 is 15.9 Å². The molecule has 4 heteroatoms. The quantitative estimate of drug-likeness (QED) is 0.869. The van der Waals surface area contributed by atoms with E-state index in [0.29, 0.717) is 6.61 Å². The number of hydrogen-bond acceptors (Lipinski definition) is 3. The highest BCUT2D eigenvalue weighted by Gasteiger charge is 2.24. The van der Waals surface area contributed by atoms with E-state index in [1.54, 1.807) is 0 Å². The van der Waals surface area contributed by atoms with Gasteiger partial charge in [-0.3, -0.25) is 0 Å². The fraction of sp³-hybridized carbons (Fsp3) is 0.571. The lowest BCUT2D eigenvalue weighted by Crippen LogP contribution is -2.33. The van der Waals surface area contributed by atoms with E-state index in [2.05, 4.69) is 29.8 Å². The SMILES string of the molecule is CC1CC(OCc2cc(N)cc(Br)c2)CC(C)O1. The number of nitrogens with two attached hydrogens (primary N) is 1. The molecule has 1 heterocycles. The van der Waals surface area contributed by atoms with Gasteiger partial charge in [-0.1, -0.05) is 15.9 Å². The molecule has 2 unspecified atom stereocenters. The van der Waals surface area contributed by atoms with Crippen LogP contribution in [-0.2, 0) is 16.1 Å². The summed E-state index contributed by atoms with van der Waals surface area (Å²) < 4.78 is 12.7. The molecule has 1 fully saturated rings. The van der Waals surface area contributed by atoms with E-state index in [0.717, 1.165) is 28.6 Å². The van der Waals surface area contributed by atoms with E-state index in [1.807, 2.05) is 18.2 Å². The van der Waals surface area contributed by atoms with Crippen molar-refractivity contribution in [2.75, 3.05) is 5.73 Å². The molecule has 0 amide bonds. The molecule has 0 spiro atoms. The number of benzene rings is 1. The Morgan fingerprint density at radius 2 is 1.94 bits per heavy atom.